The average molecular weight is 265 g/mol. The number of hydrogen-bond acceptors (Lipinski definition) is 4. The van der Waals surface area contributed by atoms with Crippen LogP contribution >= 0.6 is 0 Å². The molecule has 0 atom stereocenters. The van der Waals surface area contributed by atoms with Crippen molar-refractivity contribution in [2.45, 2.75) is 53.2 Å². The zero-order chi connectivity index (χ0) is 14.4. The molecule has 0 bridgehead atoms. The van der Waals surface area contributed by atoms with Gasteiger partial charge >= 0.3 is 0 Å². The van der Waals surface area contributed by atoms with Crippen molar-refractivity contribution in [3.63, 3.8) is 0 Å². The fourth-order valence-corrected chi connectivity index (χ4v) is 2.06. The summed E-state index contributed by atoms with van der Waals surface area (Å²) in [7, 11) is 0. The maximum absolute atomic E-state index is 9.16. The van der Waals surface area contributed by atoms with E-state index in [0.29, 0.717) is 18.6 Å². The predicted octanol–water partition coefficient (Wildman–Crippen LogP) is 2.10. The topological polar surface area (TPSA) is 48.4 Å². The number of nitrogens with zero attached hydrogens (tertiary/aromatic N) is 2. The Hall–Kier alpha value is -1.13. The molecule has 0 aromatic carbocycles. The molecule has 1 aromatic rings. The van der Waals surface area contributed by atoms with E-state index in [0.717, 1.165) is 17.9 Å². The van der Waals surface area contributed by atoms with Crippen molar-refractivity contribution >= 4 is 5.82 Å². The maximum atomic E-state index is 9.16. The number of aromatic nitrogens is 1. The summed E-state index contributed by atoms with van der Waals surface area (Å²) >= 11 is 0. The van der Waals surface area contributed by atoms with Crippen molar-refractivity contribution in [2.75, 3.05) is 18.1 Å². The molecule has 4 heteroatoms. The Morgan fingerprint density at radius 3 is 2.47 bits per heavy atom. The zero-order valence-corrected chi connectivity index (χ0v) is 12.8. The van der Waals surface area contributed by atoms with Gasteiger partial charge in [0.2, 0.25) is 0 Å². The van der Waals surface area contributed by atoms with Crippen LogP contribution in [-0.4, -0.2) is 35.3 Å². The molecular weight excluding hydrogens is 238 g/mol. The molecule has 0 aliphatic rings. The zero-order valence-electron chi connectivity index (χ0n) is 12.8. The Balaban J connectivity index is 2.86. The van der Waals surface area contributed by atoms with Crippen molar-refractivity contribution < 1.29 is 5.11 Å². The lowest BCUT2D eigenvalue weighted by molar-refractivity contribution is 0.298. The van der Waals surface area contributed by atoms with Gasteiger partial charge in [0.15, 0.2) is 0 Å². The average Bonchev–Trinajstić information content (AvgIpc) is 2.34. The molecule has 0 aliphatic carbocycles. The number of aliphatic hydroxyl groups excluding tert-OH is 1. The highest BCUT2D eigenvalue weighted by molar-refractivity contribution is 5.48. The molecule has 0 unspecified atom stereocenters. The Bertz CT molecular complexity index is 391. The molecule has 0 aliphatic heterocycles. The van der Waals surface area contributed by atoms with Crippen LogP contribution in [0.3, 0.4) is 0 Å². The lowest BCUT2D eigenvalue weighted by atomic mass is 10.1. The van der Waals surface area contributed by atoms with Crippen LogP contribution in [0.1, 0.15) is 38.8 Å². The first-order chi connectivity index (χ1) is 8.95. The van der Waals surface area contributed by atoms with Gasteiger partial charge in [-0.15, -0.1) is 0 Å². The van der Waals surface area contributed by atoms with Gasteiger partial charge in [0.05, 0.1) is 6.61 Å². The van der Waals surface area contributed by atoms with Crippen molar-refractivity contribution in [1.82, 2.24) is 10.3 Å². The Labute approximate surface area is 116 Å². The third-order valence-electron chi connectivity index (χ3n) is 3.06. The lowest BCUT2D eigenvalue weighted by Crippen LogP contribution is -2.34. The number of hydrogen-bond donors (Lipinski definition) is 2. The van der Waals surface area contributed by atoms with Gasteiger partial charge in [-0.25, -0.2) is 4.98 Å². The highest BCUT2D eigenvalue weighted by atomic mass is 16.3. The highest BCUT2D eigenvalue weighted by Gasteiger charge is 2.14. The van der Waals surface area contributed by atoms with Crippen LogP contribution in [-0.2, 0) is 6.54 Å². The van der Waals surface area contributed by atoms with E-state index < -0.39 is 0 Å². The van der Waals surface area contributed by atoms with Crippen molar-refractivity contribution in [1.29, 1.82) is 0 Å². The summed E-state index contributed by atoms with van der Waals surface area (Å²) in [5.74, 6) is 0.970. The van der Waals surface area contributed by atoms with Crippen molar-refractivity contribution in [3.8, 4) is 0 Å². The van der Waals surface area contributed by atoms with E-state index in [9.17, 15) is 0 Å². The second-order valence-electron chi connectivity index (χ2n) is 5.53. The van der Waals surface area contributed by atoms with Gasteiger partial charge < -0.3 is 15.3 Å². The summed E-state index contributed by atoms with van der Waals surface area (Å²) in [6.07, 6.45) is 1.92. The van der Waals surface area contributed by atoms with E-state index >= 15 is 0 Å². The fraction of sp³-hybridized carbons (Fsp3) is 0.667. The monoisotopic (exact) mass is 265 g/mol. The summed E-state index contributed by atoms with van der Waals surface area (Å²) in [4.78, 5) is 6.71. The molecule has 0 amide bonds. The maximum Gasteiger partial charge on any atom is 0.131 e. The van der Waals surface area contributed by atoms with Crippen LogP contribution < -0.4 is 10.2 Å². The fourth-order valence-electron chi connectivity index (χ4n) is 2.06. The quantitative estimate of drug-likeness (QED) is 0.792. The molecule has 1 heterocycles. The van der Waals surface area contributed by atoms with E-state index in [2.05, 4.69) is 55.9 Å². The van der Waals surface area contributed by atoms with Gasteiger partial charge in [-0.3, -0.25) is 0 Å². The van der Waals surface area contributed by atoms with Crippen molar-refractivity contribution in [2.24, 2.45) is 0 Å². The Kier molecular flexibility index (Phi) is 6.25. The summed E-state index contributed by atoms with van der Waals surface area (Å²) < 4.78 is 0. The second kappa shape index (κ2) is 7.46. The lowest BCUT2D eigenvalue weighted by Gasteiger charge is -2.28. The summed E-state index contributed by atoms with van der Waals surface area (Å²) in [6, 6.07) is 2.98. The number of rotatable bonds is 7. The molecule has 4 nitrogen and oxygen atoms in total. The molecule has 1 rings (SSSR count). The molecule has 0 saturated carbocycles. The molecule has 0 saturated heterocycles. The third-order valence-corrected chi connectivity index (χ3v) is 3.06. The van der Waals surface area contributed by atoms with Gasteiger partial charge in [0, 0.05) is 31.4 Å². The van der Waals surface area contributed by atoms with Crippen LogP contribution in [0.5, 0.6) is 0 Å². The number of aliphatic hydroxyl groups is 1. The second-order valence-corrected chi connectivity index (χ2v) is 5.53. The van der Waals surface area contributed by atoms with Crippen LogP contribution in [0.2, 0.25) is 0 Å². The number of pyridine rings is 1. The van der Waals surface area contributed by atoms with Crippen LogP contribution in [0, 0.1) is 6.92 Å². The molecular formula is C15H27N3O. The number of anilines is 1. The minimum Gasteiger partial charge on any atom is -0.395 e. The van der Waals surface area contributed by atoms with E-state index in [1.54, 1.807) is 0 Å². The number of nitrogens with one attached hydrogen (secondary N) is 1. The largest absolute Gasteiger partial charge is 0.395 e. The normalized spacial score (nSPS) is 11.4. The Morgan fingerprint density at radius 1 is 1.32 bits per heavy atom. The van der Waals surface area contributed by atoms with Crippen molar-refractivity contribution in [3.05, 3.63) is 23.4 Å². The smallest absolute Gasteiger partial charge is 0.131 e. The van der Waals surface area contributed by atoms with E-state index in [-0.39, 0.29) is 6.61 Å². The molecule has 0 fully saturated rings. The van der Waals surface area contributed by atoms with E-state index in [4.69, 9.17) is 5.11 Å². The van der Waals surface area contributed by atoms with Gasteiger partial charge in [-0.05, 0) is 38.0 Å². The first-order valence-corrected chi connectivity index (χ1v) is 7.02. The minimum atomic E-state index is 0.149. The summed E-state index contributed by atoms with van der Waals surface area (Å²) in [5.41, 5.74) is 2.35. The van der Waals surface area contributed by atoms with Crippen LogP contribution in [0.25, 0.3) is 0 Å². The first kappa shape index (κ1) is 15.9. The van der Waals surface area contributed by atoms with Gasteiger partial charge in [-0.1, -0.05) is 13.8 Å². The minimum absolute atomic E-state index is 0.149. The predicted molar refractivity (Wildman–Crippen MR) is 80.5 cm³/mol. The first-order valence-electron chi connectivity index (χ1n) is 7.02. The van der Waals surface area contributed by atoms with Crippen LogP contribution in [0.4, 0.5) is 5.82 Å². The SMILES string of the molecule is Cc1cc(CNC(C)C)cnc1N(CCO)C(C)C. The Morgan fingerprint density at radius 2 is 2.00 bits per heavy atom. The standard InChI is InChI=1S/C15H27N3O/c1-11(2)16-9-14-8-13(5)15(17-10-14)18(6-7-19)12(3)4/h8,10-12,16,19H,6-7,9H2,1-5H3. The van der Waals surface area contributed by atoms with Gasteiger partial charge in [0.25, 0.3) is 0 Å². The van der Waals surface area contributed by atoms with Gasteiger partial charge in [-0.2, -0.15) is 0 Å². The van der Waals surface area contributed by atoms with Gasteiger partial charge in [0.1, 0.15) is 5.82 Å². The molecule has 0 spiro atoms. The molecule has 108 valence electrons. The van der Waals surface area contributed by atoms with E-state index in [1.165, 1.54) is 5.56 Å². The molecule has 1 aromatic heterocycles. The summed E-state index contributed by atoms with van der Waals surface area (Å²) in [6.45, 7) is 12.2. The highest BCUT2D eigenvalue weighted by Crippen LogP contribution is 2.20. The van der Waals surface area contributed by atoms with E-state index in [1.807, 2.05) is 6.20 Å². The molecule has 19 heavy (non-hydrogen) atoms. The molecule has 2 N–H and O–H groups in total. The number of aryl methyl sites for hydroxylation is 1. The molecule has 0 radical (unpaired) electrons. The van der Waals surface area contributed by atoms with Crippen LogP contribution in [0.15, 0.2) is 12.3 Å². The summed E-state index contributed by atoms with van der Waals surface area (Å²) in [5, 5.41) is 12.6. The third kappa shape index (κ3) is 4.80.